The van der Waals surface area contributed by atoms with Crippen LogP contribution in [-0.4, -0.2) is 41.4 Å². The van der Waals surface area contributed by atoms with Gasteiger partial charge in [0, 0.05) is 19.0 Å². The molecule has 1 aliphatic heterocycles. The summed E-state index contributed by atoms with van der Waals surface area (Å²) < 4.78 is 24.1. The Hall–Kier alpha value is -2.42. The van der Waals surface area contributed by atoms with Gasteiger partial charge in [-0.25, -0.2) is 13.2 Å². The van der Waals surface area contributed by atoms with E-state index in [1.165, 1.54) is 4.57 Å². The Bertz CT molecular complexity index is 1010. The fraction of sp³-hybridized carbons (Fsp3) is 0.400. The maximum Gasteiger partial charge on any atom is 0.328 e. The number of nitrogens with one attached hydrogen (secondary N) is 2. The molecule has 0 bridgehead atoms. The summed E-state index contributed by atoms with van der Waals surface area (Å²) in [6.45, 7) is 0.0986. The van der Waals surface area contributed by atoms with E-state index in [0.29, 0.717) is 17.3 Å². The second-order valence-electron chi connectivity index (χ2n) is 5.85. The Morgan fingerprint density at radius 1 is 1.29 bits per heavy atom. The van der Waals surface area contributed by atoms with Crippen molar-refractivity contribution in [2.75, 3.05) is 11.5 Å². The molecule has 1 aromatic heterocycles. The second kappa shape index (κ2) is 6.23. The van der Waals surface area contributed by atoms with Gasteiger partial charge in [-0.1, -0.05) is 12.1 Å². The fourth-order valence-electron chi connectivity index (χ4n) is 2.89. The summed E-state index contributed by atoms with van der Waals surface area (Å²) in [5.74, 6) is -0.276. The summed E-state index contributed by atoms with van der Waals surface area (Å²) >= 11 is 0. The highest BCUT2D eigenvalue weighted by atomic mass is 32.2. The number of carbonyl (C=O) groups is 1. The molecule has 3 rings (SSSR count). The van der Waals surface area contributed by atoms with Crippen molar-refractivity contribution >= 4 is 26.6 Å². The molecule has 0 aliphatic carbocycles. The van der Waals surface area contributed by atoms with Crippen LogP contribution in [0.5, 0.6) is 0 Å². The number of H-pyrrole nitrogens is 1. The van der Waals surface area contributed by atoms with Crippen molar-refractivity contribution in [3.63, 3.8) is 0 Å². The molecule has 1 amide bonds. The van der Waals surface area contributed by atoms with E-state index in [9.17, 15) is 22.8 Å². The predicted octanol–water partition coefficient (Wildman–Crippen LogP) is -0.617. The van der Waals surface area contributed by atoms with Crippen LogP contribution in [0.15, 0.2) is 33.9 Å². The van der Waals surface area contributed by atoms with Gasteiger partial charge in [0.25, 0.3) is 5.56 Å². The molecule has 1 atom stereocenters. The Morgan fingerprint density at radius 3 is 2.75 bits per heavy atom. The van der Waals surface area contributed by atoms with Gasteiger partial charge in [-0.2, -0.15) is 0 Å². The van der Waals surface area contributed by atoms with Crippen LogP contribution < -0.4 is 16.6 Å². The second-order valence-corrected chi connectivity index (χ2v) is 8.07. The highest BCUT2D eigenvalue weighted by Crippen LogP contribution is 2.11. The number of amides is 1. The number of rotatable bonds is 4. The topological polar surface area (TPSA) is 118 Å². The molecule has 9 heteroatoms. The fourth-order valence-corrected chi connectivity index (χ4v) is 4.56. The molecule has 0 spiro atoms. The average molecular weight is 351 g/mol. The van der Waals surface area contributed by atoms with E-state index in [1.54, 1.807) is 24.3 Å². The number of aryl methyl sites for hydroxylation is 1. The Balaban J connectivity index is 1.73. The number of hydrogen-bond acceptors (Lipinski definition) is 5. The number of nitrogens with zero attached hydrogens (tertiary/aromatic N) is 1. The van der Waals surface area contributed by atoms with Crippen molar-refractivity contribution < 1.29 is 13.2 Å². The van der Waals surface area contributed by atoms with Crippen molar-refractivity contribution in [1.82, 2.24) is 14.9 Å². The molecule has 1 fully saturated rings. The first-order valence-corrected chi connectivity index (χ1v) is 9.39. The first-order chi connectivity index (χ1) is 11.4. The van der Waals surface area contributed by atoms with Crippen molar-refractivity contribution in [1.29, 1.82) is 0 Å². The number of hydrogen-bond donors (Lipinski definition) is 2. The van der Waals surface area contributed by atoms with Crippen LogP contribution >= 0.6 is 0 Å². The molecule has 0 radical (unpaired) electrons. The monoisotopic (exact) mass is 351 g/mol. The van der Waals surface area contributed by atoms with E-state index in [2.05, 4.69) is 10.3 Å². The zero-order valence-corrected chi connectivity index (χ0v) is 13.6. The van der Waals surface area contributed by atoms with Crippen molar-refractivity contribution in [3.8, 4) is 0 Å². The number of fused-ring (bicyclic) bond motifs is 1. The number of carbonyl (C=O) groups excluding carboxylic acids is 1. The van der Waals surface area contributed by atoms with Crippen molar-refractivity contribution in [3.05, 3.63) is 45.1 Å². The molecule has 2 heterocycles. The van der Waals surface area contributed by atoms with Crippen LogP contribution in [0.2, 0.25) is 0 Å². The van der Waals surface area contributed by atoms with E-state index in [4.69, 9.17) is 0 Å². The van der Waals surface area contributed by atoms with Gasteiger partial charge < -0.3 is 5.32 Å². The normalized spacial score (nSPS) is 19.4. The molecular weight excluding hydrogens is 334 g/mol. The number of benzene rings is 1. The quantitative estimate of drug-likeness (QED) is 0.761. The largest absolute Gasteiger partial charge is 0.352 e. The lowest BCUT2D eigenvalue weighted by Gasteiger charge is -2.12. The van der Waals surface area contributed by atoms with Crippen LogP contribution in [-0.2, 0) is 21.2 Å². The SMILES string of the molecule is O=C(CCn1c(=O)[nH]c(=O)c2ccccc21)N[C@H]1CCS(=O)(=O)C1. The van der Waals surface area contributed by atoms with Gasteiger partial charge in [0.15, 0.2) is 9.84 Å². The molecule has 8 nitrogen and oxygen atoms in total. The third-order valence-electron chi connectivity index (χ3n) is 4.07. The van der Waals surface area contributed by atoms with Crippen LogP contribution in [0, 0.1) is 0 Å². The van der Waals surface area contributed by atoms with E-state index in [0.717, 1.165) is 0 Å². The van der Waals surface area contributed by atoms with Crippen LogP contribution in [0.4, 0.5) is 0 Å². The van der Waals surface area contributed by atoms with Crippen LogP contribution in [0.1, 0.15) is 12.8 Å². The van der Waals surface area contributed by atoms with Crippen LogP contribution in [0.3, 0.4) is 0 Å². The zero-order valence-electron chi connectivity index (χ0n) is 12.8. The zero-order chi connectivity index (χ0) is 17.3. The molecule has 2 aromatic rings. The summed E-state index contributed by atoms with van der Waals surface area (Å²) in [4.78, 5) is 38.0. The minimum atomic E-state index is -3.06. The Kier molecular flexibility index (Phi) is 4.27. The molecule has 1 saturated heterocycles. The van der Waals surface area contributed by atoms with Gasteiger partial charge in [0.1, 0.15) is 0 Å². The molecule has 0 unspecified atom stereocenters. The lowest BCUT2D eigenvalue weighted by atomic mass is 10.2. The highest BCUT2D eigenvalue weighted by molar-refractivity contribution is 7.91. The first-order valence-electron chi connectivity index (χ1n) is 7.57. The maximum absolute atomic E-state index is 12.0. The molecule has 1 aromatic carbocycles. The minimum Gasteiger partial charge on any atom is -0.352 e. The first kappa shape index (κ1) is 16.4. The lowest BCUT2D eigenvalue weighted by molar-refractivity contribution is -0.121. The van der Waals surface area contributed by atoms with Gasteiger partial charge in [0.2, 0.25) is 5.91 Å². The lowest BCUT2D eigenvalue weighted by Crippen LogP contribution is -2.37. The van der Waals surface area contributed by atoms with Crippen molar-refractivity contribution in [2.24, 2.45) is 0 Å². The molecular formula is C15H17N3O5S. The van der Waals surface area contributed by atoms with E-state index >= 15 is 0 Å². The number of para-hydroxylation sites is 1. The van der Waals surface area contributed by atoms with Gasteiger partial charge in [-0.05, 0) is 18.6 Å². The smallest absolute Gasteiger partial charge is 0.328 e. The maximum atomic E-state index is 12.0. The van der Waals surface area contributed by atoms with E-state index in [-0.39, 0.29) is 36.4 Å². The summed E-state index contributed by atoms with van der Waals surface area (Å²) in [7, 11) is -3.06. The Labute approximate surface area is 137 Å². The number of sulfone groups is 1. The van der Waals surface area contributed by atoms with Gasteiger partial charge in [-0.3, -0.25) is 19.1 Å². The minimum absolute atomic E-state index is 0.0203. The van der Waals surface area contributed by atoms with E-state index in [1.807, 2.05) is 0 Å². The standard InChI is InChI=1S/C15H17N3O5S/c19-13(16-10-6-8-24(22,23)9-10)5-7-18-12-4-2-1-3-11(12)14(20)17-15(18)21/h1-4,10H,5-9H2,(H,16,19)(H,17,20,21)/t10-/m0/s1. The van der Waals surface area contributed by atoms with Crippen LogP contribution in [0.25, 0.3) is 10.9 Å². The highest BCUT2D eigenvalue weighted by Gasteiger charge is 2.28. The summed E-state index contributed by atoms with van der Waals surface area (Å²) in [6.07, 6.45) is 0.433. The average Bonchev–Trinajstić information content (AvgIpc) is 2.85. The summed E-state index contributed by atoms with van der Waals surface area (Å²) in [5, 5.41) is 3.05. The van der Waals surface area contributed by atoms with E-state index < -0.39 is 21.1 Å². The summed E-state index contributed by atoms with van der Waals surface area (Å²) in [6, 6.07) is 6.29. The van der Waals surface area contributed by atoms with Gasteiger partial charge in [-0.15, -0.1) is 0 Å². The third kappa shape index (κ3) is 3.40. The van der Waals surface area contributed by atoms with Crippen molar-refractivity contribution in [2.45, 2.75) is 25.4 Å². The Morgan fingerprint density at radius 2 is 2.04 bits per heavy atom. The molecule has 24 heavy (non-hydrogen) atoms. The molecule has 1 aliphatic rings. The molecule has 128 valence electrons. The third-order valence-corrected chi connectivity index (χ3v) is 5.83. The molecule has 0 saturated carbocycles. The molecule has 2 N–H and O–H groups in total. The number of aromatic amines is 1. The van der Waals surface area contributed by atoms with Gasteiger partial charge >= 0.3 is 5.69 Å². The number of aromatic nitrogens is 2. The summed E-state index contributed by atoms with van der Waals surface area (Å²) in [5.41, 5.74) is -0.579. The van der Waals surface area contributed by atoms with Gasteiger partial charge in [0.05, 0.1) is 22.4 Å². The predicted molar refractivity (Wildman–Crippen MR) is 88.6 cm³/mol.